The zero-order chi connectivity index (χ0) is 16.4. The lowest BCUT2D eigenvalue weighted by molar-refractivity contribution is 0.542. The first kappa shape index (κ1) is 14.9. The Kier molecular flexibility index (Phi) is 3.86. The summed E-state index contributed by atoms with van der Waals surface area (Å²) in [6.45, 7) is 8.23. The van der Waals surface area contributed by atoms with Gasteiger partial charge in [0.25, 0.3) is 0 Å². The van der Waals surface area contributed by atoms with Gasteiger partial charge >= 0.3 is 0 Å². The second-order valence-electron chi connectivity index (χ2n) is 5.38. The van der Waals surface area contributed by atoms with Gasteiger partial charge in [0.05, 0.1) is 0 Å². The lowest BCUT2D eigenvalue weighted by Gasteiger charge is -1.98. The first-order valence-electron chi connectivity index (χ1n) is 7.38. The van der Waals surface area contributed by atoms with Crippen LogP contribution in [0.3, 0.4) is 0 Å². The van der Waals surface area contributed by atoms with Crippen LogP contribution in [0.15, 0.2) is 52.5 Å². The van der Waals surface area contributed by atoms with Crippen LogP contribution in [0.4, 0.5) is 5.88 Å². The van der Waals surface area contributed by atoms with Gasteiger partial charge in [0.15, 0.2) is 0 Å². The van der Waals surface area contributed by atoms with E-state index in [9.17, 15) is 5.26 Å². The number of hydrogen-bond donors (Lipinski definition) is 0. The molecule has 0 radical (unpaired) electrons. The Bertz CT molecular complexity index is 951. The van der Waals surface area contributed by atoms with Gasteiger partial charge < -0.3 is 8.98 Å². The van der Waals surface area contributed by atoms with Crippen LogP contribution in [0, 0.1) is 25.2 Å². The molecule has 3 aromatic rings. The second-order valence-corrected chi connectivity index (χ2v) is 5.38. The molecular formula is C19H17N3O. The maximum atomic E-state index is 9.26. The van der Waals surface area contributed by atoms with Crippen LogP contribution < -0.4 is 0 Å². The van der Waals surface area contributed by atoms with Gasteiger partial charge in [-0.05, 0) is 19.9 Å². The van der Waals surface area contributed by atoms with E-state index in [4.69, 9.17) is 4.42 Å². The number of furan rings is 1. The number of aryl methyl sites for hydroxylation is 1. The zero-order valence-corrected chi connectivity index (χ0v) is 13.2. The Balaban J connectivity index is 2.07. The molecule has 0 aliphatic heterocycles. The van der Waals surface area contributed by atoms with Crippen molar-refractivity contribution < 1.29 is 4.42 Å². The molecule has 0 saturated carbocycles. The molecule has 0 saturated heterocycles. The Morgan fingerprint density at radius 3 is 2.87 bits per heavy atom. The molecule has 0 amide bonds. The summed E-state index contributed by atoms with van der Waals surface area (Å²) >= 11 is 0. The van der Waals surface area contributed by atoms with E-state index in [2.05, 4.69) is 34.3 Å². The number of nitrogens with zero attached hydrogens (tertiary/aromatic N) is 3. The maximum Gasteiger partial charge on any atom is 0.237 e. The number of hydrogen-bond acceptors (Lipinski definition) is 3. The fourth-order valence-corrected chi connectivity index (χ4v) is 2.63. The molecule has 114 valence electrons. The van der Waals surface area contributed by atoms with Gasteiger partial charge in [-0.15, -0.1) is 6.58 Å². The summed E-state index contributed by atoms with van der Waals surface area (Å²) in [6, 6.07) is 10.3. The maximum absolute atomic E-state index is 9.26. The number of rotatable bonds is 4. The number of aromatic nitrogens is 1. The van der Waals surface area contributed by atoms with Gasteiger partial charge in [0.2, 0.25) is 5.88 Å². The Hall–Kier alpha value is -3.06. The summed E-state index contributed by atoms with van der Waals surface area (Å²) in [6.07, 6.45) is 5.64. The largest absolute Gasteiger partial charge is 0.442 e. The van der Waals surface area contributed by atoms with Gasteiger partial charge in [0.1, 0.15) is 17.4 Å². The molecule has 0 spiro atoms. The van der Waals surface area contributed by atoms with E-state index in [-0.39, 0.29) is 0 Å². The third-order valence-electron chi connectivity index (χ3n) is 3.94. The summed E-state index contributed by atoms with van der Waals surface area (Å²) in [7, 11) is 0. The van der Waals surface area contributed by atoms with E-state index < -0.39 is 0 Å². The number of aliphatic imine (C=N–C) groups is 1. The van der Waals surface area contributed by atoms with Crippen LogP contribution in [0.2, 0.25) is 0 Å². The highest BCUT2D eigenvalue weighted by atomic mass is 16.4. The van der Waals surface area contributed by atoms with E-state index in [0.29, 0.717) is 11.4 Å². The molecule has 0 N–H and O–H groups in total. The van der Waals surface area contributed by atoms with Crippen molar-refractivity contribution in [1.29, 1.82) is 5.26 Å². The van der Waals surface area contributed by atoms with Crippen LogP contribution in [-0.2, 0) is 6.54 Å². The summed E-state index contributed by atoms with van der Waals surface area (Å²) in [5.41, 5.74) is 3.45. The third-order valence-corrected chi connectivity index (χ3v) is 3.94. The molecule has 4 nitrogen and oxygen atoms in total. The van der Waals surface area contributed by atoms with E-state index in [1.807, 2.05) is 38.3 Å². The molecule has 2 aromatic heterocycles. The average Bonchev–Trinajstić information content (AvgIpc) is 3.04. The molecule has 0 bridgehead atoms. The van der Waals surface area contributed by atoms with E-state index in [1.54, 1.807) is 6.21 Å². The molecule has 0 aliphatic carbocycles. The van der Waals surface area contributed by atoms with E-state index in [1.165, 1.54) is 0 Å². The van der Waals surface area contributed by atoms with Crippen molar-refractivity contribution in [3.05, 3.63) is 65.6 Å². The van der Waals surface area contributed by atoms with Crippen molar-refractivity contribution in [3.8, 4) is 6.07 Å². The van der Waals surface area contributed by atoms with Gasteiger partial charge in [0, 0.05) is 41.0 Å². The van der Waals surface area contributed by atoms with Gasteiger partial charge in [-0.3, -0.25) is 0 Å². The number of para-hydroxylation sites is 1. The number of fused-ring (bicyclic) bond motifs is 1. The molecule has 0 atom stereocenters. The number of benzene rings is 1. The fourth-order valence-electron chi connectivity index (χ4n) is 2.63. The number of nitriles is 1. The van der Waals surface area contributed by atoms with E-state index in [0.717, 1.165) is 34.3 Å². The SMILES string of the molecule is C=CCn1cc(C=Nc2oc(C)c(C)c2C#N)c2ccccc21. The molecule has 0 unspecified atom stereocenters. The summed E-state index contributed by atoms with van der Waals surface area (Å²) in [4.78, 5) is 4.40. The van der Waals surface area contributed by atoms with Gasteiger partial charge in [-0.25, -0.2) is 4.99 Å². The van der Waals surface area contributed by atoms with E-state index >= 15 is 0 Å². The van der Waals surface area contributed by atoms with Gasteiger partial charge in [-0.2, -0.15) is 5.26 Å². The second kappa shape index (κ2) is 5.98. The highest BCUT2D eigenvalue weighted by Gasteiger charge is 2.13. The Morgan fingerprint density at radius 2 is 2.13 bits per heavy atom. The predicted molar refractivity (Wildman–Crippen MR) is 92.3 cm³/mol. The molecular weight excluding hydrogens is 286 g/mol. The predicted octanol–water partition coefficient (Wildman–Crippen LogP) is 4.66. The molecule has 0 aliphatic rings. The average molecular weight is 303 g/mol. The first-order valence-corrected chi connectivity index (χ1v) is 7.38. The minimum Gasteiger partial charge on any atom is -0.442 e. The standard InChI is InChI=1S/C19H17N3O/c1-4-9-22-12-15(16-7-5-6-8-18(16)22)11-21-19-17(10-20)13(2)14(3)23-19/h4-8,11-12H,1,9H2,2-3H3. The molecule has 1 aromatic carbocycles. The summed E-state index contributed by atoms with van der Waals surface area (Å²) < 4.78 is 7.70. The molecule has 23 heavy (non-hydrogen) atoms. The molecule has 3 rings (SSSR count). The van der Waals surface area contributed by atoms with Crippen LogP contribution in [0.5, 0.6) is 0 Å². The van der Waals surface area contributed by atoms with Crippen LogP contribution >= 0.6 is 0 Å². The molecule has 0 fully saturated rings. The number of allylic oxidation sites excluding steroid dienone is 1. The summed E-state index contributed by atoms with van der Waals surface area (Å²) in [5.74, 6) is 1.09. The Morgan fingerprint density at radius 1 is 1.35 bits per heavy atom. The summed E-state index contributed by atoms with van der Waals surface area (Å²) in [5, 5.41) is 10.4. The van der Waals surface area contributed by atoms with Crippen molar-refractivity contribution in [2.24, 2.45) is 4.99 Å². The van der Waals surface area contributed by atoms with Crippen LogP contribution in [0.1, 0.15) is 22.5 Å². The van der Waals surface area contributed by atoms with Crippen molar-refractivity contribution in [1.82, 2.24) is 4.57 Å². The Labute approximate surface area is 135 Å². The first-order chi connectivity index (χ1) is 11.2. The lowest BCUT2D eigenvalue weighted by atomic mass is 10.2. The minimum absolute atomic E-state index is 0.364. The van der Waals surface area contributed by atoms with Crippen molar-refractivity contribution >= 4 is 23.0 Å². The smallest absolute Gasteiger partial charge is 0.237 e. The van der Waals surface area contributed by atoms with Crippen molar-refractivity contribution in [3.63, 3.8) is 0 Å². The third kappa shape index (κ3) is 2.58. The quantitative estimate of drug-likeness (QED) is 0.520. The van der Waals surface area contributed by atoms with Gasteiger partial charge in [-0.1, -0.05) is 24.3 Å². The molecule has 4 heteroatoms. The minimum atomic E-state index is 0.364. The van der Waals surface area contributed by atoms with Crippen molar-refractivity contribution in [2.45, 2.75) is 20.4 Å². The van der Waals surface area contributed by atoms with Crippen molar-refractivity contribution in [2.75, 3.05) is 0 Å². The highest BCUT2D eigenvalue weighted by molar-refractivity contribution is 6.00. The lowest BCUT2D eigenvalue weighted by Crippen LogP contribution is -1.91. The molecule has 2 heterocycles. The van der Waals surface area contributed by atoms with Crippen LogP contribution in [-0.4, -0.2) is 10.8 Å². The normalized spacial score (nSPS) is 11.2. The fraction of sp³-hybridized carbons (Fsp3) is 0.158. The van der Waals surface area contributed by atoms with Crippen LogP contribution in [0.25, 0.3) is 10.9 Å². The monoisotopic (exact) mass is 303 g/mol. The zero-order valence-electron chi connectivity index (χ0n) is 13.2. The topological polar surface area (TPSA) is 54.2 Å². The highest BCUT2D eigenvalue weighted by Crippen LogP contribution is 2.28.